The van der Waals surface area contributed by atoms with Crippen LogP contribution in [0.25, 0.3) is 0 Å². The third-order valence-electron chi connectivity index (χ3n) is 2.70. The van der Waals surface area contributed by atoms with Gasteiger partial charge < -0.3 is 15.8 Å². The first-order chi connectivity index (χ1) is 10.0. The summed E-state index contributed by atoms with van der Waals surface area (Å²) in [4.78, 5) is 22.5. The van der Waals surface area contributed by atoms with E-state index in [9.17, 15) is 9.59 Å². The second-order valence-corrected chi connectivity index (χ2v) is 4.45. The number of amides is 2. The van der Waals surface area contributed by atoms with Crippen molar-refractivity contribution in [3.05, 3.63) is 42.2 Å². The third-order valence-corrected chi connectivity index (χ3v) is 2.70. The van der Waals surface area contributed by atoms with Gasteiger partial charge in [-0.3, -0.25) is 14.3 Å². The standard InChI is InChI=1S/C14H16N4O3/c1-18-9-10(8-16-18)14(20)17-11-2-4-12(5-3-11)21-7-6-13(15)19/h2-5,8-9H,6-7H2,1H3,(H2,15,19)(H,17,20). The minimum atomic E-state index is -0.407. The number of rotatable bonds is 6. The summed E-state index contributed by atoms with van der Waals surface area (Å²) in [5.74, 6) is -0.0310. The number of aromatic nitrogens is 2. The van der Waals surface area contributed by atoms with Crippen LogP contribution >= 0.6 is 0 Å². The van der Waals surface area contributed by atoms with Gasteiger partial charge >= 0.3 is 0 Å². The van der Waals surface area contributed by atoms with Gasteiger partial charge in [-0.2, -0.15) is 5.10 Å². The van der Waals surface area contributed by atoms with E-state index >= 15 is 0 Å². The molecule has 0 saturated heterocycles. The molecule has 0 unspecified atom stereocenters. The summed E-state index contributed by atoms with van der Waals surface area (Å²) in [6.07, 6.45) is 3.30. The number of benzene rings is 1. The molecule has 2 aromatic rings. The number of ether oxygens (including phenoxy) is 1. The Kier molecular flexibility index (Phi) is 4.55. The highest BCUT2D eigenvalue weighted by Crippen LogP contribution is 2.16. The van der Waals surface area contributed by atoms with Crippen LogP contribution in [0, 0.1) is 0 Å². The van der Waals surface area contributed by atoms with Crippen LogP contribution in [0.2, 0.25) is 0 Å². The summed E-state index contributed by atoms with van der Waals surface area (Å²) >= 11 is 0. The number of anilines is 1. The summed E-state index contributed by atoms with van der Waals surface area (Å²) in [5, 5.41) is 6.69. The van der Waals surface area contributed by atoms with Crippen molar-refractivity contribution in [2.75, 3.05) is 11.9 Å². The van der Waals surface area contributed by atoms with E-state index in [-0.39, 0.29) is 18.9 Å². The minimum absolute atomic E-state index is 0.166. The molecule has 2 rings (SSSR count). The van der Waals surface area contributed by atoms with E-state index < -0.39 is 5.91 Å². The average molecular weight is 288 g/mol. The van der Waals surface area contributed by atoms with Crippen LogP contribution in [0.5, 0.6) is 5.75 Å². The SMILES string of the molecule is Cn1cc(C(=O)Nc2ccc(OCCC(N)=O)cc2)cn1. The zero-order valence-corrected chi connectivity index (χ0v) is 11.6. The van der Waals surface area contributed by atoms with Crippen molar-refractivity contribution in [2.45, 2.75) is 6.42 Å². The second kappa shape index (κ2) is 6.56. The molecule has 0 bridgehead atoms. The number of nitrogens with zero attached hydrogens (tertiary/aromatic N) is 2. The third kappa shape index (κ3) is 4.34. The van der Waals surface area contributed by atoms with E-state index in [1.54, 1.807) is 42.2 Å². The van der Waals surface area contributed by atoms with Crippen LogP contribution in [0.4, 0.5) is 5.69 Å². The smallest absolute Gasteiger partial charge is 0.258 e. The molecule has 21 heavy (non-hydrogen) atoms. The number of hydrogen-bond donors (Lipinski definition) is 2. The van der Waals surface area contributed by atoms with Crippen molar-refractivity contribution in [1.82, 2.24) is 9.78 Å². The van der Waals surface area contributed by atoms with E-state index in [2.05, 4.69) is 10.4 Å². The van der Waals surface area contributed by atoms with Crippen LogP contribution in [0.3, 0.4) is 0 Å². The Bertz CT molecular complexity index is 634. The van der Waals surface area contributed by atoms with Crippen LogP contribution < -0.4 is 15.8 Å². The maximum atomic E-state index is 11.9. The molecule has 2 amide bonds. The first-order valence-electron chi connectivity index (χ1n) is 6.36. The monoisotopic (exact) mass is 288 g/mol. The Morgan fingerprint density at radius 2 is 2.05 bits per heavy atom. The molecule has 1 aromatic carbocycles. The lowest BCUT2D eigenvalue weighted by Crippen LogP contribution is -2.14. The molecule has 7 heteroatoms. The molecule has 1 aromatic heterocycles. The number of nitrogens with one attached hydrogen (secondary N) is 1. The van der Waals surface area contributed by atoms with Gasteiger partial charge in [-0.05, 0) is 24.3 Å². The number of aryl methyl sites for hydroxylation is 1. The van der Waals surface area contributed by atoms with Crippen molar-refractivity contribution in [1.29, 1.82) is 0 Å². The summed E-state index contributed by atoms with van der Waals surface area (Å²) < 4.78 is 6.90. The molecular formula is C14H16N4O3. The highest BCUT2D eigenvalue weighted by atomic mass is 16.5. The van der Waals surface area contributed by atoms with Gasteiger partial charge in [0.05, 0.1) is 24.8 Å². The number of primary amides is 1. The van der Waals surface area contributed by atoms with Crippen LogP contribution in [0.15, 0.2) is 36.7 Å². The fraction of sp³-hybridized carbons (Fsp3) is 0.214. The van der Waals surface area contributed by atoms with E-state index in [4.69, 9.17) is 10.5 Å². The molecule has 3 N–H and O–H groups in total. The molecule has 7 nitrogen and oxygen atoms in total. The van der Waals surface area contributed by atoms with Crippen molar-refractivity contribution < 1.29 is 14.3 Å². The van der Waals surface area contributed by atoms with Crippen molar-refractivity contribution in [3.8, 4) is 5.75 Å². The zero-order chi connectivity index (χ0) is 15.2. The quantitative estimate of drug-likeness (QED) is 0.825. The fourth-order valence-corrected chi connectivity index (χ4v) is 1.65. The van der Waals surface area contributed by atoms with Crippen LogP contribution in [-0.4, -0.2) is 28.2 Å². The number of carbonyl (C=O) groups excluding carboxylic acids is 2. The molecule has 1 heterocycles. The maximum Gasteiger partial charge on any atom is 0.258 e. The average Bonchev–Trinajstić information content (AvgIpc) is 2.87. The van der Waals surface area contributed by atoms with Gasteiger partial charge in [0.2, 0.25) is 5.91 Å². The summed E-state index contributed by atoms with van der Waals surface area (Å²) in [6, 6.07) is 6.85. The minimum Gasteiger partial charge on any atom is -0.493 e. The molecular weight excluding hydrogens is 272 g/mol. The molecule has 0 radical (unpaired) electrons. The van der Waals surface area contributed by atoms with Gasteiger partial charge in [-0.15, -0.1) is 0 Å². The van der Waals surface area contributed by atoms with E-state index in [0.717, 1.165) is 0 Å². The van der Waals surface area contributed by atoms with E-state index in [1.165, 1.54) is 6.20 Å². The number of nitrogens with two attached hydrogens (primary N) is 1. The second-order valence-electron chi connectivity index (χ2n) is 4.45. The van der Waals surface area contributed by atoms with Crippen LogP contribution in [-0.2, 0) is 11.8 Å². The maximum absolute atomic E-state index is 11.9. The molecule has 0 saturated carbocycles. The molecule has 110 valence electrons. The molecule has 0 atom stereocenters. The predicted molar refractivity (Wildman–Crippen MR) is 76.9 cm³/mol. The number of carbonyl (C=O) groups is 2. The van der Waals surface area contributed by atoms with Gasteiger partial charge in [0.25, 0.3) is 5.91 Å². The Labute approximate surface area is 121 Å². The van der Waals surface area contributed by atoms with Gasteiger partial charge in [0, 0.05) is 18.9 Å². The van der Waals surface area contributed by atoms with Gasteiger partial charge in [-0.25, -0.2) is 0 Å². The largest absolute Gasteiger partial charge is 0.493 e. The highest BCUT2D eigenvalue weighted by Gasteiger charge is 2.08. The van der Waals surface area contributed by atoms with Gasteiger partial charge in [0.1, 0.15) is 5.75 Å². The van der Waals surface area contributed by atoms with Gasteiger partial charge in [0.15, 0.2) is 0 Å². The first kappa shape index (κ1) is 14.6. The van der Waals surface area contributed by atoms with Crippen molar-refractivity contribution in [2.24, 2.45) is 12.8 Å². The zero-order valence-electron chi connectivity index (χ0n) is 11.6. The lowest BCUT2D eigenvalue weighted by Gasteiger charge is -2.07. The topological polar surface area (TPSA) is 99.2 Å². The molecule has 0 aliphatic heterocycles. The van der Waals surface area contributed by atoms with Crippen molar-refractivity contribution >= 4 is 17.5 Å². The summed E-state index contributed by atoms with van der Waals surface area (Å²) in [5.41, 5.74) is 6.15. The highest BCUT2D eigenvalue weighted by molar-refractivity contribution is 6.03. The van der Waals surface area contributed by atoms with E-state index in [1.807, 2.05) is 0 Å². The Hall–Kier alpha value is -2.83. The van der Waals surface area contributed by atoms with Gasteiger partial charge in [-0.1, -0.05) is 0 Å². The normalized spacial score (nSPS) is 10.1. The van der Waals surface area contributed by atoms with Crippen molar-refractivity contribution in [3.63, 3.8) is 0 Å². The molecule has 0 spiro atoms. The first-order valence-corrected chi connectivity index (χ1v) is 6.36. The molecule has 0 fully saturated rings. The Morgan fingerprint density at radius 3 is 2.62 bits per heavy atom. The fourth-order valence-electron chi connectivity index (χ4n) is 1.65. The molecule has 0 aliphatic carbocycles. The lowest BCUT2D eigenvalue weighted by molar-refractivity contribution is -0.118. The predicted octanol–water partition coefficient (Wildman–Crippen LogP) is 0.927. The number of hydrogen-bond acceptors (Lipinski definition) is 4. The molecule has 0 aliphatic rings. The summed E-state index contributed by atoms with van der Waals surface area (Å²) in [7, 11) is 1.75. The lowest BCUT2D eigenvalue weighted by atomic mass is 10.2. The Balaban J connectivity index is 1.90. The Morgan fingerprint density at radius 1 is 1.33 bits per heavy atom. The van der Waals surface area contributed by atoms with Crippen LogP contribution in [0.1, 0.15) is 16.8 Å². The van der Waals surface area contributed by atoms with E-state index in [0.29, 0.717) is 17.0 Å². The summed E-state index contributed by atoms with van der Waals surface area (Å²) in [6.45, 7) is 0.233.